The van der Waals surface area contributed by atoms with Gasteiger partial charge in [-0.2, -0.15) is 0 Å². The molecule has 3 N–H and O–H groups in total. The molecule has 2 heterocycles. The van der Waals surface area contributed by atoms with E-state index in [0.717, 1.165) is 19.5 Å². The Morgan fingerprint density at radius 2 is 2.54 bits per heavy atom. The van der Waals surface area contributed by atoms with Crippen LogP contribution in [-0.4, -0.2) is 24.6 Å². The number of nitrogens with one attached hydrogen (secondary N) is 1. The van der Waals surface area contributed by atoms with E-state index in [0.29, 0.717) is 6.54 Å². The monoisotopic (exact) mass is 177 g/mol. The van der Waals surface area contributed by atoms with Gasteiger partial charge in [0.1, 0.15) is 0 Å². The lowest BCUT2D eigenvalue weighted by molar-refractivity contribution is 0.481. The van der Waals surface area contributed by atoms with Crippen LogP contribution in [0.15, 0.2) is 24.5 Å². The summed E-state index contributed by atoms with van der Waals surface area (Å²) in [5.74, 6) is 0. The van der Waals surface area contributed by atoms with Gasteiger partial charge in [-0.05, 0) is 24.6 Å². The lowest BCUT2D eigenvalue weighted by atomic mass is 9.81. The van der Waals surface area contributed by atoms with Crippen LogP contribution in [0.2, 0.25) is 0 Å². The Morgan fingerprint density at radius 3 is 3.08 bits per heavy atom. The summed E-state index contributed by atoms with van der Waals surface area (Å²) in [5.41, 5.74) is 7.23. The van der Waals surface area contributed by atoms with Gasteiger partial charge in [0.25, 0.3) is 0 Å². The molecule has 1 atom stereocenters. The Bertz CT molecular complexity index is 265. The Hall–Kier alpha value is -0.930. The minimum Gasteiger partial charge on any atom is -0.330 e. The van der Waals surface area contributed by atoms with Crippen molar-refractivity contribution in [2.24, 2.45) is 5.73 Å². The molecule has 1 unspecified atom stereocenters. The molecule has 2 rings (SSSR count). The maximum Gasteiger partial charge on any atom is 0.0306 e. The molecule has 3 nitrogen and oxygen atoms in total. The van der Waals surface area contributed by atoms with Crippen LogP contribution in [0, 0.1) is 0 Å². The SMILES string of the molecule is NCC1(c2cccnc2)CCNC1. The molecular formula is C10H15N3. The summed E-state index contributed by atoms with van der Waals surface area (Å²) in [5, 5.41) is 3.35. The highest BCUT2D eigenvalue weighted by Gasteiger charge is 2.34. The number of pyridine rings is 1. The Kier molecular flexibility index (Phi) is 2.29. The first-order chi connectivity index (χ1) is 6.37. The number of nitrogens with zero attached hydrogens (tertiary/aromatic N) is 1. The second-order valence-corrected chi connectivity index (χ2v) is 3.65. The third-order valence-corrected chi connectivity index (χ3v) is 2.91. The molecular weight excluding hydrogens is 162 g/mol. The largest absolute Gasteiger partial charge is 0.330 e. The van der Waals surface area contributed by atoms with Gasteiger partial charge >= 0.3 is 0 Å². The Labute approximate surface area is 78.4 Å². The molecule has 0 spiro atoms. The molecule has 1 aromatic rings. The summed E-state index contributed by atoms with van der Waals surface area (Å²) in [6.45, 7) is 2.74. The second kappa shape index (κ2) is 3.44. The highest BCUT2D eigenvalue weighted by Crippen LogP contribution is 2.28. The van der Waals surface area contributed by atoms with Gasteiger partial charge in [0.2, 0.25) is 0 Å². The fourth-order valence-corrected chi connectivity index (χ4v) is 1.96. The van der Waals surface area contributed by atoms with Crippen LogP contribution in [0.1, 0.15) is 12.0 Å². The number of hydrogen-bond donors (Lipinski definition) is 2. The van der Waals surface area contributed by atoms with Gasteiger partial charge in [0.05, 0.1) is 0 Å². The summed E-state index contributed by atoms with van der Waals surface area (Å²) >= 11 is 0. The predicted molar refractivity (Wildman–Crippen MR) is 52.5 cm³/mol. The van der Waals surface area contributed by atoms with Gasteiger partial charge < -0.3 is 11.1 Å². The standard InChI is InChI=1S/C10H15N3/c11-7-10(3-5-13-8-10)9-2-1-4-12-6-9/h1-2,4,6,13H,3,5,7-8,11H2. The minimum absolute atomic E-state index is 0.133. The van der Waals surface area contributed by atoms with Gasteiger partial charge in [0, 0.05) is 30.9 Å². The van der Waals surface area contributed by atoms with Crippen LogP contribution in [0.5, 0.6) is 0 Å². The summed E-state index contributed by atoms with van der Waals surface area (Å²) in [7, 11) is 0. The first kappa shape index (κ1) is 8.66. The van der Waals surface area contributed by atoms with Crippen molar-refractivity contribution in [3.63, 3.8) is 0 Å². The first-order valence-corrected chi connectivity index (χ1v) is 4.69. The van der Waals surface area contributed by atoms with Crippen LogP contribution in [-0.2, 0) is 5.41 Å². The van der Waals surface area contributed by atoms with Crippen molar-refractivity contribution in [2.45, 2.75) is 11.8 Å². The molecule has 1 aliphatic heterocycles. The van der Waals surface area contributed by atoms with Crippen molar-refractivity contribution in [3.8, 4) is 0 Å². The van der Waals surface area contributed by atoms with Crippen molar-refractivity contribution >= 4 is 0 Å². The Balaban J connectivity index is 2.31. The summed E-state index contributed by atoms with van der Waals surface area (Å²) in [6.07, 6.45) is 4.85. The van der Waals surface area contributed by atoms with E-state index < -0.39 is 0 Å². The van der Waals surface area contributed by atoms with Crippen LogP contribution >= 0.6 is 0 Å². The maximum absolute atomic E-state index is 5.83. The van der Waals surface area contributed by atoms with E-state index in [4.69, 9.17) is 5.73 Å². The van der Waals surface area contributed by atoms with Crippen molar-refractivity contribution in [2.75, 3.05) is 19.6 Å². The molecule has 0 radical (unpaired) electrons. The molecule has 0 aliphatic carbocycles. The fraction of sp³-hybridized carbons (Fsp3) is 0.500. The van der Waals surface area contributed by atoms with Gasteiger partial charge in [0.15, 0.2) is 0 Å². The molecule has 1 saturated heterocycles. The number of rotatable bonds is 2. The minimum atomic E-state index is 0.133. The molecule has 0 aromatic carbocycles. The third-order valence-electron chi connectivity index (χ3n) is 2.91. The normalized spacial score (nSPS) is 27.8. The molecule has 70 valence electrons. The summed E-state index contributed by atoms with van der Waals surface area (Å²) in [6, 6.07) is 4.10. The van der Waals surface area contributed by atoms with E-state index in [2.05, 4.69) is 16.4 Å². The smallest absolute Gasteiger partial charge is 0.0306 e. The zero-order valence-electron chi connectivity index (χ0n) is 7.66. The van der Waals surface area contributed by atoms with Crippen molar-refractivity contribution < 1.29 is 0 Å². The van der Waals surface area contributed by atoms with Crippen LogP contribution in [0.25, 0.3) is 0 Å². The van der Waals surface area contributed by atoms with Crippen molar-refractivity contribution in [3.05, 3.63) is 30.1 Å². The van der Waals surface area contributed by atoms with E-state index in [1.54, 1.807) is 6.20 Å². The predicted octanol–water partition coefficient (Wildman–Crippen LogP) is 0.271. The molecule has 1 aliphatic rings. The van der Waals surface area contributed by atoms with Crippen LogP contribution in [0.3, 0.4) is 0 Å². The Morgan fingerprint density at radius 1 is 1.62 bits per heavy atom. The summed E-state index contributed by atoms with van der Waals surface area (Å²) < 4.78 is 0. The van der Waals surface area contributed by atoms with E-state index in [9.17, 15) is 0 Å². The zero-order chi connectivity index (χ0) is 9.15. The molecule has 1 fully saturated rings. The van der Waals surface area contributed by atoms with E-state index in [1.165, 1.54) is 5.56 Å². The average Bonchev–Trinajstić information content (AvgIpc) is 2.69. The van der Waals surface area contributed by atoms with Crippen LogP contribution in [0.4, 0.5) is 0 Å². The van der Waals surface area contributed by atoms with Crippen LogP contribution < -0.4 is 11.1 Å². The highest BCUT2D eigenvalue weighted by atomic mass is 14.9. The maximum atomic E-state index is 5.83. The number of hydrogen-bond acceptors (Lipinski definition) is 3. The number of nitrogens with two attached hydrogens (primary N) is 1. The van der Waals surface area contributed by atoms with Gasteiger partial charge in [-0.25, -0.2) is 0 Å². The van der Waals surface area contributed by atoms with E-state index in [-0.39, 0.29) is 5.41 Å². The molecule has 0 bridgehead atoms. The topological polar surface area (TPSA) is 50.9 Å². The third kappa shape index (κ3) is 1.45. The molecule has 3 heteroatoms. The molecule has 13 heavy (non-hydrogen) atoms. The molecule has 0 amide bonds. The van der Waals surface area contributed by atoms with Crippen molar-refractivity contribution in [1.82, 2.24) is 10.3 Å². The van der Waals surface area contributed by atoms with Gasteiger partial charge in [-0.3, -0.25) is 4.98 Å². The summed E-state index contributed by atoms with van der Waals surface area (Å²) in [4.78, 5) is 4.14. The van der Waals surface area contributed by atoms with Gasteiger partial charge in [-0.15, -0.1) is 0 Å². The van der Waals surface area contributed by atoms with E-state index >= 15 is 0 Å². The fourth-order valence-electron chi connectivity index (χ4n) is 1.96. The second-order valence-electron chi connectivity index (χ2n) is 3.65. The highest BCUT2D eigenvalue weighted by molar-refractivity contribution is 5.24. The zero-order valence-corrected chi connectivity index (χ0v) is 7.66. The quantitative estimate of drug-likeness (QED) is 0.682. The van der Waals surface area contributed by atoms with E-state index in [1.807, 2.05) is 12.3 Å². The number of aromatic nitrogens is 1. The lowest BCUT2D eigenvalue weighted by Gasteiger charge is -2.26. The lowest BCUT2D eigenvalue weighted by Crippen LogP contribution is -2.37. The van der Waals surface area contributed by atoms with Gasteiger partial charge in [-0.1, -0.05) is 6.07 Å². The molecule has 0 saturated carbocycles. The average molecular weight is 177 g/mol. The molecule has 1 aromatic heterocycles. The van der Waals surface area contributed by atoms with Crippen molar-refractivity contribution in [1.29, 1.82) is 0 Å². The first-order valence-electron chi connectivity index (χ1n) is 4.69.